The molecule has 15 heavy (non-hydrogen) atoms. The van der Waals surface area contributed by atoms with Crippen molar-refractivity contribution in [3.05, 3.63) is 22.4 Å². The van der Waals surface area contributed by atoms with Crippen molar-refractivity contribution in [1.82, 2.24) is 10.6 Å². The third-order valence-electron chi connectivity index (χ3n) is 2.05. The lowest BCUT2D eigenvalue weighted by atomic mass is 10.3. The van der Waals surface area contributed by atoms with Crippen molar-refractivity contribution in [3.63, 3.8) is 0 Å². The fourth-order valence-corrected chi connectivity index (χ4v) is 1.96. The number of carbonyl (C=O) groups excluding carboxylic acids is 1. The lowest BCUT2D eigenvalue weighted by Gasteiger charge is -2.04. The van der Waals surface area contributed by atoms with Gasteiger partial charge in [0.2, 0.25) is 5.91 Å². The Labute approximate surface area is 94.9 Å². The van der Waals surface area contributed by atoms with E-state index >= 15 is 0 Å². The summed E-state index contributed by atoms with van der Waals surface area (Å²) in [7, 11) is 0. The van der Waals surface area contributed by atoms with Gasteiger partial charge in [0, 0.05) is 24.4 Å². The Morgan fingerprint density at radius 3 is 3.00 bits per heavy atom. The molecular formula is C11H18N2OS. The first-order valence-electron chi connectivity index (χ1n) is 5.32. The minimum Gasteiger partial charge on any atom is -0.356 e. The Morgan fingerprint density at radius 2 is 2.33 bits per heavy atom. The molecule has 3 nitrogen and oxygen atoms in total. The summed E-state index contributed by atoms with van der Waals surface area (Å²) in [6.07, 6.45) is 1.50. The molecule has 84 valence electrons. The monoisotopic (exact) mass is 226 g/mol. The summed E-state index contributed by atoms with van der Waals surface area (Å²) < 4.78 is 0. The van der Waals surface area contributed by atoms with E-state index in [0.29, 0.717) is 6.42 Å². The molecule has 0 bridgehead atoms. The summed E-state index contributed by atoms with van der Waals surface area (Å²) in [5.74, 6) is 0.132. The third kappa shape index (κ3) is 5.54. The minimum absolute atomic E-state index is 0.132. The number of rotatable bonds is 7. The fraction of sp³-hybridized carbons (Fsp3) is 0.545. The van der Waals surface area contributed by atoms with E-state index in [4.69, 9.17) is 0 Å². The van der Waals surface area contributed by atoms with Gasteiger partial charge >= 0.3 is 0 Å². The Morgan fingerprint density at radius 1 is 1.47 bits per heavy atom. The molecule has 1 aromatic rings. The molecule has 0 saturated heterocycles. The van der Waals surface area contributed by atoms with Crippen molar-refractivity contribution in [3.8, 4) is 0 Å². The predicted molar refractivity (Wildman–Crippen MR) is 64.2 cm³/mol. The van der Waals surface area contributed by atoms with E-state index in [0.717, 1.165) is 26.1 Å². The summed E-state index contributed by atoms with van der Waals surface area (Å²) in [6.45, 7) is 4.46. The number of amides is 1. The van der Waals surface area contributed by atoms with Crippen LogP contribution in [0, 0.1) is 0 Å². The van der Waals surface area contributed by atoms with E-state index in [1.165, 1.54) is 4.88 Å². The van der Waals surface area contributed by atoms with Gasteiger partial charge in [0.1, 0.15) is 0 Å². The van der Waals surface area contributed by atoms with Gasteiger partial charge in [-0.15, -0.1) is 11.3 Å². The fourth-order valence-electron chi connectivity index (χ4n) is 1.25. The van der Waals surface area contributed by atoms with Crippen molar-refractivity contribution < 1.29 is 4.79 Å². The van der Waals surface area contributed by atoms with Crippen LogP contribution in [0.2, 0.25) is 0 Å². The zero-order valence-corrected chi connectivity index (χ0v) is 9.90. The molecule has 0 fully saturated rings. The molecule has 0 unspecified atom stereocenters. The molecule has 1 heterocycles. The molecule has 0 radical (unpaired) electrons. The smallest absolute Gasteiger partial charge is 0.221 e. The zero-order valence-electron chi connectivity index (χ0n) is 9.08. The van der Waals surface area contributed by atoms with Crippen LogP contribution in [0.5, 0.6) is 0 Å². The topological polar surface area (TPSA) is 41.1 Å². The molecule has 0 spiro atoms. The highest BCUT2D eigenvalue weighted by molar-refractivity contribution is 7.09. The highest BCUT2D eigenvalue weighted by Crippen LogP contribution is 2.07. The Hall–Kier alpha value is -0.870. The number of thiophene rings is 1. The van der Waals surface area contributed by atoms with E-state index < -0.39 is 0 Å². The molecule has 1 rings (SSSR count). The van der Waals surface area contributed by atoms with Crippen LogP contribution in [0.1, 0.15) is 18.2 Å². The van der Waals surface area contributed by atoms with Crippen LogP contribution in [0.15, 0.2) is 17.5 Å². The van der Waals surface area contributed by atoms with Crippen LogP contribution in [0.25, 0.3) is 0 Å². The van der Waals surface area contributed by atoms with Crippen LogP contribution in [0.4, 0.5) is 0 Å². The van der Waals surface area contributed by atoms with Gasteiger partial charge in [0.05, 0.1) is 0 Å². The average Bonchev–Trinajstić information content (AvgIpc) is 2.71. The maximum Gasteiger partial charge on any atom is 0.221 e. The molecule has 0 aromatic carbocycles. The average molecular weight is 226 g/mol. The molecule has 4 heteroatoms. The molecule has 1 aromatic heterocycles. The first-order chi connectivity index (χ1) is 7.33. The first kappa shape index (κ1) is 12.2. The van der Waals surface area contributed by atoms with Gasteiger partial charge in [0.25, 0.3) is 0 Å². The second-order valence-electron chi connectivity index (χ2n) is 3.28. The summed E-state index contributed by atoms with van der Waals surface area (Å²) in [4.78, 5) is 12.6. The normalized spacial score (nSPS) is 10.2. The molecule has 0 aliphatic heterocycles. The van der Waals surface area contributed by atoms with Crippen molar-refractivity contribution >= 4 is 17.2 Å². The van der Waals surface area contributed by atoms with Gasteiger partial charge in [0.15, 0.2) is 0 Å². The largest absolute Gasteiger partial charge is 0.356 e. The maximum absolute atomic E-state index is 11.3. The van der Waals surface area contributed by atoms with Crippen LogP contribution in [-0.2, 0) is 11.2 Å². The van der Waals surface area contributed by atoms with Crippen molar-refractivity contribution in [1.29, 1.82) is 0 Å². The number of hydrogen-bond donors (Lipinski definition) is 2. The van der Waals surface area contributed by atoms with Crippen molar-refractivity contribution in [2.24, 2.45) is 0 Å². The predicted octanol–water partition coefficient (Wildman–Crippen LogP) is 1.41. The van der Waals surface area contributed by atoms with Crippen LogP contribution in [-0.4, -0.2) is 25.5 Å². The van der Waals surface area contributed by atoms with Gasteiger partial charge in [-0.05, 0) is 24.4 Å². The van der Waals surface area contributed by atoms with Crippen LogP contribution >= 0.6 is 11.3 Å². The highest BCUT2D eigenvalue weighted by Gasteiger charge is 1.99. The lowest BCUT2D eigenvalue weighted by molar-refractivity contribution is -0.120. The molecule has 0 atom stereocenters. The maximum atomic E-state index is 11.3. The molecule has 0 aliphatic carbocycles. The SMILES string of the molecule is CCNCCC(=O)NCCc1cccs1. The van der Waals surface area contributed by atoms with E-state index in [9.17, 15) is 4.79 Å². The molecular weight excluding hydrogens is 208 g/mol. The molecule has 0 saturated carbocycles. The number of carbonyl (C=O) groups is 1. The summed E-state index contributed by atoms with van der Waals surface area (Å²) in [6, 6.07) is 4.13. The summed E-state index contributed by atoms with van der Waals surface area (Å²) >= 11 is 1.73. The van der Waals surface area contributed by atoms with Gasteiger partial charge in [-0.3, -0.25) is 4.79 Å². The van der Waals surface area contributed by atoms with E-state index in [-0.39, 0.29) is 5.91 Å². The third-order valence-corrected chi connectivity index (χ3v) is 2.99. The van der Waals surface area contributed by atoms with E-state index in [2.05, 4.69) is 22.1 Å². The number of hydrogen-bond acceptors (Lipinski definition) is 3. The van der Waals surface area contributed by atoms with E-state index in [1.54, 1.807) is 11.3 Å². The molecule has 1 amide bonds. The van der Waals surface area contributed by atoms with Crippen LogP contribution in [0.3, 0.4) is 0 Å². The Kier molecular flexibility index (Phi) is 6.04. The number of nitrogens with one attached hydrogen (secondary N) is 2. The molecule has 2 N–H and O–H groups in total. The standard InChI is InChI=1S/C11H18N2OS/c1-2-12-7-6-11(14)13-8-5-10-4-3-9-15-10/h3-4,9,12H,2,5-8H2,1H3,(H,13,14). The molecule has 0 aliphatic rings. The lowest BCUT2D eigenvalue weighted by Crippen LogP contribution is -2.29. The Bertz CT molecular complexity index is 272. The second kappa shape index (κ2) is 7.43. The Balaban J connectivity index is 2.02. The summed E-state index contributed by atoms with van der Waals surface area (Å²) in [5.41, 5.74) is 0. The van der Waals surface area contributed by atoms with Gasteiger partial charge in [-0.2, -0.15) is 0 Å². The van der Waals surface area contributed by atoms with Crippen LogP contribution < -0.4 is 10.6 Å². The zero-order chi connectivity index (χ0) is 10.9. The van der Waals surface area contributed by atoms with Gasteiger partial charge < -0.3 is 10.6 Å². The first-order valence-corrected chi connectivity index (χ1v) is 6.20. The summed E-state index contributed by atoms with van der Waals surface area (Å²) in [5, 5.41) is 8.09. The highest BCUT2D eigenvalue weighted by atomic mass is 32.1. The van der Waals surface area contributed by atoms with Gasteiger partial charge in [-0.1, -0.05) is 13.0 Å². The minimum atomic E-state index is 0.132. The van der Waals surface area contributed by atoms with Crippen molar-refractivity contribution in [2.75, 3.05) is 19.6 Å². The second-order valence-corrected chi connectivity index (χ2v) is 4.32. The van der Waals surface area contributed by atoms with Gasteiger partial charge in [-0.25, -0.2) is 0 Å². The van der Waals surface area contributed by atoms with Crippen molar-refractivity contribution in [2.45, 2.75) is 19.8 Å². The quantitative estimate of drug-likeness (QED) is 0.690. The van der Waals surface area contributed by atoms with E-state index in [1.807, 2.05) is 13.0 Å².